The summed E-state index contributed by atoms with van der Waals surface area (Å²) in [4.78, 5) is 16.6. The molecule has 1 aromatic carbocycles. The van der Waals surface area contributed by atoms with Crippen LogP contribution in [0.3, 0.4) is 0 Å². The molecular weight excluding hydrogens is 364 g/mol. The molecular formula is C18H20N6O2S. The molecule has 3 aromatic rings. The topological polar surface area (TPSA) is 101 Å². The van der Waals surface area contributed by atoms with E-state index in [1.807, 2.05) is 12.1 Å². The molecule has 0 saturated carbocycles. The summed E-state index contributed by atoms with van der Waals surface area (Å²) in [6.45, 7) is 4.12. The average molecular weight is 384 g/mol. The van der Waals surface area contributed by atoms with Crippen LogP contribution in [0.2, 0.25) is 0 Å². The summed E-state index contributed by atoms with van der Waals surface area (Å²) in [7, 11) is 2.14. The highest BCUT2D eigenvalue weighted by molar-refractivity contribution is 7.13. The maximum Gasteiger partial charge on any atom is 0.320 e. The van der Waals surface area contributed by atoms with Gasteiger partial charge in [-0.25, -0.2) is 0 Å². The molecule has 3 heterocycles. The summed E-state index contributed by atoms with van der Waals surface area (Å²) in [5.41, 5.74) is 7.76. The second-order valence-electron chi connectivity index (χ2n) is 6.44. The molecule has 0 unspecified atom stereocenters. The molecule has 0 spiro atoms. The highest BCUT2D eigenvalue weighted by Crippen LogP contribution is 2.29. The SMILES string of the molecule is CN1CCN(c2cccc(Nc3nnc(-c4cc(C(N)=O)cs4)o3)c2)CC1. The monoisotopic (exact) mass is 384 g/mol. The number of benzene rings is 1. The van der Waals surface area contributed by atoms with Crippen LogP contribution in [-0.4, -0.2) is 54.2 Å². The van der Waals surface area contributed by atoms with Crippen LogP contribution < -0.4 is 16.0 Å². The number of anilines is 3. The average Bonchev–Trinajstić information content (AvgIpc) is 3.32. The summed E-state index contributed by atoms with van der Waals surface area (Å²) in [5, 5.41) is 12.9. The molecule has 0 atom stereocenters. The number of likely N-dealkylation sites (N-methyl/N-ethyl adjacent to an activating group) is 1. The number of hydrogen-bond donors (Lipinski definition) is 2. The Hall–Kier alpha value is -2.91. The number of aromatic nitrogens is 2. The van der Waals surface area contributed by atoms with Crippen molar-refractivity contribution >= 4 is 34.6 Å². The third-order valence-corrected chi connectivity index (χ3v) is 5.40. The number of nitrogens with two attached hydrogens (primary N) is 1. The van der Waals surface area contributed by atoms with Crippen molar-refractivity contribution in [1.29, 1.82) is 0 Å². The standard InChI is InChI=1S/C18H20N6O2S/c1-23-5-7-24(8-6-23)14-4-2-3-13(10-14)20-18-22-21-17(26-18)15-9-12(11-27-15)16(19)25/h2-4,9-11H,5-8H2,1H3,(H2,19,25)(H,20,22). The van der Waals surface area contributed by atoms with Gasteiger partial charge in [-0.15, -0.1) is 16.4 Å². The molecule has 140 valence electrons. The fourth-order valence-electron chi connectivity index (χ4n) is 2.92. The zero-order chi connectivity index (χ0) is 18.8. The second kappa shape index (κ2) is 7.37. The van der Waals surface area contributed by atoms with E-state index in [9.17, 15) is 4.79 Å². The summed E-state index contributed by atoms with van der Waals surface area (Å²) >= 11 is 1.34. The Kier molecular flexibility index (Phi) is 4.78. The first-order chi connectivity index (χ1) is 13.1. The van der Waals surface area contributed by atoms with Crippen LogP contribution in [0.25, 0.3) is 10.8 Å². The molecule has 1 fully saturated rings. The Morgan fingerprint density at radius 2 is 2.04 bits per heavy atom. The van der Waals surface area contributed by atoms with E-state index < -0.39 is 5.91 Å². The Morgan fingerprint density at radius 3 is 2.78 bits per heavy atom. The molecule has 1 saturated heterocycles. The highest BCUT2D eigenvalue weighted by Gasteiger charge is 2.16. The fraction of sp³-hybridized carbons (Fsp3) is 0.278. The van der Waals surface area contributed by atoms with Crippen molar-refractivity contribution in [3.05, 3.63) is 41.3 Å². The Labute approximate surface area is 160 Å². The first-order valence-electron chi connectivity index (χ1n) is 8.61. The van der Waals surface area contributed by atoms with E-state index in [2.05, 4.69) is 44.5 Å². The highest BCUT2D eigenvalue weighted by atomic mass is 32.1. The Bertz CT molecular complexity index is 945. The lowest BCUT2D eigenvalue weighted by molar-refractivity contribution is 0.100. The van der Waals surface area contributed by atoms with Gasteiger partial charge in [-0.05, 0) is 31.3 Å². The van der Waals surface area contributed by atoms with Gasteiger partial charge in [-0.2, -0.15) is 0 Å². The van der Waals surface area contributed by atoms with E-state index in [4.69, 9.17) is 10.2 Å². The lowest BCUT2D eigenvalue weighted by Crippen LogP contribution is -2.44. The number of nitrogens with one attached hydrogen (secondary N) is 1. The minimum absolute atomic E-state index is 0.301. The molecule has 0 radical (unpaired) electrons. The summed E-state index contributed by atoms with van der Waals surface area (Å²) in [6, 6.07) is 10.1. The van der Waals surface area contributed by atoms with Crippen molar-refractivity contribution in [3.8, 4) is 10.8 Å². The minimum atomic E-state index is -0.476. The Balaban J connectivity index is 1.47. The molecule has 9 heteroatoms. The third kappa shape index (κ3) is 3.93. The molecule has 8 nitrogen and oxygen atoms in total. The molecule has 1 amide bonds. The van der Waals surface area contributed by atoms with Crippen LogP contribution in [0, 0.1) is 0 Å². The molecule has 1 aliphatic rings. The van der Waals surface area contributed by atoms with Crippen molar-refractivity contribution in [2.45, 2.75) is 0 Å². The van der Waals surface area contributed by atoms with E-state index in [1.54, 1.807) is 11.4 Å². The molecule has 2 aromatic heterocycles. The van der Waals surface area contributed by atoms with E-state index in [0.717, 1.165) is 37.6 Å². The fourth-order valence-corrected chi connectivity index (χ4v) is 3.74. The van der Waals surface area contributed by atoms with Crippen LogP contribution in [0.1, 0.15) is 10.4 Å². The van der Waals surface area contributed by atoms with Crippen LogP contribution in [-0.2, 0) is 0 Å². The first-order valence-corrected chi connectivity index (χ1v) is 9.49. The van der Waals surface area contributed by atoms with Crippen molar-refractivity contribution in [1.82, 2.24) is 15.1 Å². The van der Waals surface area contributed by atoms with Gasteiger partial charge in [0.25, 0.3) is 5.89 Å². The number of piperazine rings is 1. The van der Waals surface area contributed by atoms with Crippen molar-refractivity contribution < 1.29 is 9.21 Å². The van der Waals surface area contributed by atoms with Gasteiger partial charge in [0.05, 0.1) is 10.4 Å². The maximum atomic E-state index is 11.2. The van der Waals surface area contributed by atoms with Gasteiger partial charge in [0, 0.05) is 42.9 Å². The number of primary amides is 1. The number of amides is 1. The smallest absolute Gasteiger partial charge is 0.320 e. The summed E-state index contributed by atoms with van der Waals surface area (Å²) in [5.74, 6) is -0.124. The summed E-state index contributed by atoms with van der Waals surface area (Å²) < 4.78 is 5.67. The number of hydrogen-bond acceptors (Lipinski definition) is 8. The first kappa shape index (κ1) is 17.5. The van der Waals surface area contributed by atoms with Gasteiger partial charge in [0.1, 0.15) is 0 Å². The van der Waals surface area contributed by atoms with E-state index in [1.165, 1.54) is 11.3 Å². The zero-order valence-electron chi connectivity index (χ0n) is 14.9. The van der Waals surface area contributed by atoms with Crippen molar-refractivity contribution in [2.75, 3.05) is 43.4 Å². The van der Waals surface area contributed by atoms with Crippen LogP contribution in [0.4, 0.5) is 17.4 Å². The van der Waals surface area contributed by atoms with Crippen molar-refractivity contribution in [2.24, 2.45) is 5.73 Å². The minimum Gasteiger partial charge on any atom is -0.402 e. The number of thiophene rings is 1. The predicted octanol–water partition coefficient (Wildman–Crippen LogP) is 2.39. The number of carbonyl (C=O) groups excluding carboxylic acids is 1. The lowest BCUT2D eigenvalue weighted by Gasteiger charge is -2.34. The normalized spacial score (nSPS) is 15.1. The lowest BCUT2D eigenvalue weighted by atomic mass is 10.2. The number of nitrogens with zero attached hydrogens (tertiary/aromatic N) is 4. The van der Waals surface area contributed by atoms with Gasteiger partial charge in [0.15, 0.2) is 0 Å². The molecule has 27 heavy (non-hydrogen) atoms. The molecule has 3 N–H and O–H groups in total. The summed E-state index contributed by atoms with van der Waals surface area (Å²) in [6.07, 6.45) is 0. The number of rotatable bonds is 5. The van der Waals surface area contributed by atoms with Gasteiger partial charge in [0.2, 0.25) is 5.91 Å². The van der Waals surface area contributed by atoms with Gasteiger partial charge in [-0.1, -0.05) is 11.2 Å². The van der Waals surface area contributed by atoms with Crippen molar-refractivity contribution in [3.63, 3.8) is 0 Å². The quantitative estimate of drug-likeness (QED) is 0.696. The molecule has 0 aliphatic carbocycles. The van der Waals surface area contributed by atoms with E-state index in [-0.39, 0.29) is 0 Å². The maximum absolute atomic E-state index is 11.2. The van der Waals surface area contributed by atoms with Crippen LogP contribution in [0.15, 0.2) is 40.1 Å². The van der Waals surface area contributed by atoms with E-state index in [0.29, 0.717) is 22.3 Å². The van der Waals surface area contributed by atoms with Crippen LogP contribution >= 0.6 is 11.3 Å². The third-order valence-electron chi connectivity index (χ3n) is 4.49. The molecule has 0 bridgehead atoms. The van der Waals surface area contributed by atoms with Gasteiger partial charge in [-0.3, -0.25) is 4.79 Å². The second-order valence-corrected chi connectivity index (χ2v) is 7.35. The largest absolute Gasteiger partial charge is 0.402 e. The zero-order valence-corrected chi connectivity index (χ0v) is 15.7. The van der Waals surface area contributed by atoms with E-state index >= 15 is 0 Å². The van der Waals surface area contributed by atoms with Gasteiger partial charge < -0.3 is 25.3 Å². The van der Waals surface area contributed by atoms with Gasteiger partial charge >= 0.3 is 6.01 Å². The molecule has 4 rings (SSSR count). The number of carbonyl (C=O) groups is 1. The molecule has 1 aliphatic heterocycles. The Morgan fingerprint density at radius 1 is 1.22 bits per heavy atom. The predicted molar refractivity (Wildman–Crippen MR) is 106 cm³/mol. The van der Waals surface area contributed by atoms with Crippen LogP contribution in [0.5, 0.6) is 0 Å².